The van der Waals surface area contributed by atoms with E-state index in [-0.39, 0.29) is 18.1 Å². The Hall–Kier alpha value is -3.38. The molecule has 2 aromatic carbocycles. The summed E-state index contributed by atoms with van der Waals surface area (Å²) in [6.45, 7) is 5.63. The molecular weight excluding hydrogens is 487 g/mol. The van der Waals surface area contributed by atoms with E-state index in [4.69, 9.17) is 9.47 Å². The van der Waals surface area contributed by atoms with Crippen molar-refractivity contribution >= 4 is 6.09 Å². The van der Waals surface area contributed by atoms with Crippen LogP contribution in [0.1, 0.15) is 63.6 Å². The van der Waals surface area contributed by atoms with Crippen molar-refractivity contribution in [1.82, 2.24) is 4.90 Å². The molecule has 1 saturated heterocycles. The monoisotopic (exact) mass is 517 g/mol. The van der Waals surface area contributed by atoms with Gasteiger partial charge in [-0.3, -0.25) is 4.90 Å². The zero-order valence-corrected chi connectivity index (χ0v) is 21.0. The van der Waals surface area contributed by atoms with Gasteiger partial charge in [0.15, 0.2) is 0 Å². The molecule has 9 heteroatoms. The first-order valence-electron chi connectivity index (χ1n) is 12.2. The van der Waals surface area contributed by atoms with Crippen molar-refractivity contribution in [2.75, 3.05) is 6.54 Å². The molecular formula is C28H30F3NO5. The summed E-state index contributed by atoms with van der Waals surface area (Å²) in [5, 5.41) is 11.8. The van der Waals surface area contributed by atoms with Crippen LogP contribution in [-0.2, 0) is 4.74 Å². The van der Waals surface area contributed by atoms with Gasteiger partial charge in [-0.2, -0.15) is 0 Å². The predicted octanol–water partition coefficient (Wildman–Crippen LogP) is 5.98. The Kier molecular flexibility index (Phi) is 7.33. The lowest BCUT2D eigenvalue weighted by Crippen LogP contribution is -2.53. The van der Waals surface area contributed by atoms with E-state index >= 15 is 0 Å². The molecule has 6 nitrogen and oxygen atoms in total. The van der Waals surface area contributed by atoms with E-state index in [0.717, 1.165) is 18.9 Å². The number of rotatable bonds is 4. The SMILES string of the molecule is CC(C)(C)OC(=O)N1CCC[C@@](O)(C#Cc2cc(OC(F)(F)F)ccc2OC2CC2)[C@@H]1c1ccccc1. The quantitative estimate of drug-likeness (QED) is 0.506. The smallest absolute Gasteiger partial charge is 0.489 e. The number of alkyl halides is 3. The number of ether oxygens (including phenoxy) is 3. The molecule has 0 bridgehead atoms. The fourth-order valence-electron chi connectivity index (χ4n) is 4.23. The fourth-order valence-corrected chi connectivity index (χ4v) is 4.23. The van der Waals surface area contributed by atoms with Gasteiger partial charge in [0.25, 0.3) is 0 Å². The highest BCUT2D eigenvalue weighted by molar-refractivity contribution is 5.69. The molecule has 1 aliphatic carbocycles. The topological polar surface area (TPSA) is 68.2 Å². The maximum atomic E-state index is 13.1. The van der Waals surface area contributed by atoms with Gasteiger partial charge in [-0.25, -0.2) is 4.79 Å². The van der Waals surface area contributed by atoms with Crippen LogP contribution in [0.2, 0.25) is 0 Å². The summed E-state index contributed by atoms with van der Waals surface area (Å²) in [6.07, 6.45) is -3.08. The molecule has 0 unspecified atom stereocenters. The third kappa shape index (κ3) is 7.10. The largest absolute Gasteiger partial charge is 0.573 e. The molecule has 1 aliphatic heterocycles. The average Bonchev–Trinajstić information content (AvgIpc) is 3.61. The summed E-state index contributed by atoms with van der Waals surface area (Å²) in [7, 11) is 0. The number of hydrogen-bond donors (Lipinski definition) is 1. The van der Waals surface area contributed by atoms with Crippen molar-refractivity contribution in [2.24, 2.45) is 0 Å². The van der Waals surface area contributed by atoms with Crippen LogP contribution < -0.4 is 9.47 Å². The summed E-state index contributed by atoms with van der Waals surface area (Å²) < 4.78 is 54.0. The first kappa shape index (κ1) is 26.7. The fraction of sp³-hybridized carbons (Fsp3) is 0.464. The normalized spacial score (nSPS) is 22.0. The van der Waals surface area contributed by atoms with Gasteiger partial charge < -0.3 is 19.3 Å². The second kappa shape index (κ2) is 10.2. The third-order valence-electron chi connectivity index (χ3n) is 5.88. The minimum absolute atomic E-state index is 0.0209. The zero-order valence-electron chi connectivity index (χ0n) is 21.0. The predicted molar refractivity (Wildman–Crippen MR) is 130 cm³/mol. The number of carbonyl (C=O) groups is 1. The van der Waals surface area contributed by atoms with Gasteiger partial charge in [0.1, 0.15) is 28.7 Å². The summed E-state index contributed by atoms with van der Waals surface area (Å²) in [6, 6.07) is 11.8. The lowest BCUT2D eigenvalue weighted by atomic mass is 9.81. The second-order valence-electron chi connectivity index (χ2n) is 10.3. The molecule has 0 spiro atoms. The summed E-state index contributed by atoms with van der Waals surface area (Å²) in [4.78, 5) is 14.6. The first-order valence-corrected chi connectivity index (χ1v) is 12.2. The van der Waals surface area contributed by atoms with Crippen molar-refractivity contribution in [2.45, 2.75) is 76.2 Å². The highest BCUT2D eigenvalue weighted by atomic mass is 19.4. The van der Waals surface area contributed by atoms with E-state index in [9.17, 15) is 23.1 Å². The van der Waals surface area contributed by atoms with Gasteiger partial charge in [0, 0.05) is 6.54 Å². The Morgan fingerprint density at radius 3 is 2.43 bits per heavy atom. The van der Waals surface area contributed by atoms with E-state index in [1.807, 2.05) is 6.07 Å². The van der Waals surface area contributed by atoms with Crippen LogP contribution in [0.3, 0.4) is 0 Å². The van der Waals surface area contributed by atoms with Gasteiger partial charge in [0.2, 0.25) is 0 Å². The number of hydrogen-bond acceptors (Lipinski definition) is 5. The van der Waals surface area contributed by atoms with Crippen LogP contribution in [0.4, 0.5) is 18.0 Å². The van der Waals surface area contributed by atoms with Crippen LogP contribution >= 0.6 is 0 Å². The maximum Gasteiger partial charge on any atom is 0.573 e. The highest BCUT2D eigenvalue weighted by Crippen LogP contribution is 2.40. The molecule has 37 heavy (non-hydrogen) atoms. The van der Waals surface area contributed by atoms with Gasteiger partial charge in [-0.1, -0.05) is 42.2 Å². The summed E-state index contributed by atoms with van der Waals surface area (Å²) in [5.74, 6) is 5.58. The van der Waals surface area contributed by atoms with E-state index < -0.39 is 35.4 Å². The van der Waals surface area contributed by atoms with Gasteiger partial charge in [0.05, 0.1) is 11.7 Å². The lowest BCUT2D eigenvalue weighted by molar-refractivity contribution is -0.274. The molecule has 1 heterocycles. The van der Waals surface area contributed by atoms with Crippen molar-refractivity contribution in [3.8, 4) is 23.3 Å². The van der Waals surface area contributed by atoms with Crippen LogP contribution in [0.15, 0.2) is 48.5 Å². The number of likely N-dealkylation sites (tertiary alicyclic amines) is 1. The number of piperidine rings is 1. The van der Waals surface area contributed by atoms with Gasteiger partial charge in [-0.15, -0.1) is 13.2 Å². The Morgan fingerprint density at radius 2 is 1.81 bits per heavy atom. The average molecular weight is 518 g/mol. The minimum Gasteiger partial charge on any atom is -0.489 e. The van der Waals surface area contributed by atoms with Gasteiger partial charge in [-0.05, 0) is 70.2 Å². The van der Waals surface area contributed by atoms with Crippen LogP contribution in [0, 0.1) is 11.8 Å². The van der Waals surface area contributed by atoms with E-state index in [1.54, 1.807) is 45.0 Å². The zero-order chi connectivity index (χ0) is 26.8. The van der Waals surface area contributed by atoms with Crippen molar-refractivity contribution in [3.05, 3.63) is 59.7 Å². The Morgan fingerprint density at radius 1 is 1.11 bits per heavy atom. The van der Waals surface area contributed by atoms with Crippen molar-refractivity contribution in [3.63, 3.8) is 0 Å². The molecule has 2 aliphatic rings. The molecule has 1 saturated carbocycles. The second-order valence-corrected chi connectivity index (χ2v) is 10.3. The van der Waals surface area contributed by atoms with Crippen LogP contribution in [-0.4, -0.2) is 46.3 Å². The maximum absolute atomic E-state index is 13.1. The first-order chi connectivity index (χ1) is 17.3. The number of aliphatic hydroxyl groups is 1. The number of amides is 1. The molecule has 0 radical (unpaired) electrons. The third-order valence-corrected chi connectivity index (χ3v) is 5.88. The Bertz CT molecular complexity index is 1180. The summed E-state index contributed by atoms with van der Waals surface area (Å²) >= 11 is 0. The Labute approximate surface area is 214 Å². The molecule has 0 aromatic heterocycles. The van der Waals surface area contributed by atoms with Gasteiger partial charge >= 0.3 is 12.5 Å². The minimum atomic E-state index is -4.86. The van der Waals surface area contributed by atoms with Crippen molar-refractivity contribution < 1.29 is 37.3 Å². The molecule has 2 aromatic rings. The Balaban J connectivity index is 1.73. The highest BCUT2D eigenvalue weighted by Gasteiger charge is 2.46. The van der Waals surface area contributed by atoms with E-state index in [1.165, 1.54) is 17.0 Å². The number of carbonyl (C=O) groups excluding carboxylic acids is 1. The van der Waals surface area contributed by atoms with Crippen molar-refractivity contribution in [1.29, 1.82) is 0 Å². The van der Waals surface area contributed by atoms with E-state index in [0.29, 0.717) is 24.3 Å². The molecule has 1 N–H and O–H groups in total. The van der Waals surface area contributed by atoms with E-state index in [2.05, 4.69) is 16.6 Å². The lowest BCUT2D eigenvalue weighted by Gasteiger charge is -2.44. The number of benzene rings is 2. The molecule has 4 rings (SSSR count). The van der Waals surface area contributed by atoms with Crippen LogP contribution in [0.25, 0.3) is 0 Å². The standard InChI is InChI=1S/C28H30F3NO5/c1-26(2,3)37-25(33)32-17-7-15-27(34,24(32)19-8-5-4-6-9-19)16-14-20-18-22(36-28(29,30)31)12-13-23(20)35-21-10-11-21/h4-6,8-9,12-13,18,21,24,34H,7,10-11,15,17H2,1-3H3/t24-,27+/m0/s1. The molecule has 1 amide bonds. The molecule has 2 fully saturated rings. The number of halogens is 3. The summed E-state index contributed by atoms with van der Waals surface area (Å²) in [5.41, 5.74) is -1.63. The molecule has 2 atom stereocenters. The number of nitrogens with zero attached hydrogens (tertiary/aromatic N) is 1. The van der Waals surface area contributed by atoms with Crippen LogP contribution in [0.5, 0.6) is 11.5 Å². The molecule has 198 valence electrons.